The lowest BCUT2D eigenvalue weighted by molar-refractivity contribution is 0.475. The molecule has 2 N–H and O–H groups in total. The number of benzene rings is 2. The third-order valence-electron chi connectivity index (χ3n) is 2.41. The molecule has 0 atom stereocenters. The van der Waals surface area contributed by atoms with Crippen LogP contribution in [0.1, 0.15) is 5.56 Å². The van der Waals surface area contributed by atoms with Crippen molar-refractivity contribution in [3.8, 4) is 11.5 Å². The first-order chi connectivity index (χ1) is 8.67. The van der Waals surface area contributed by atoms with Crippen LogP contribution in [-0.2, 0) is 6.42 Å². The molecule has 0 aliphatic rings. The van der Waals surface area contributed by atoms with Crippen LogP contribution in [-0.4, -0.2) is 6.54 Å². The van der Waals surface area contributed by atoms with E-state index in [1.165, 1.54) is 12.1 Å². The first kappa shape index (κ1) is 13.3. The Bertz CT molecular complexity index is 528. The maximum absolute atomic E-state index is 13.4. The van der Waals surface area contributed by atoms with E-state index in [0.29, 0.717) is 24.5 Å². The highest BCUT2D eigenvalue weighted by molar-refractivity contribution is 14.1. The van der Waals surface area contributed by atoms with Crippen LogP contribution in [0.2, 0.25) is 0 Å². The zero-order chi connectivity index (χ0) is 13.0. The second kappa shape index (κ2) is 6.15. The first-order valence-electron chi connectivity index (χ1n) is 5.60. The van der Waals surface area contributed by atoms with Crippen LogP contribution in [0.3, 0.4) is 0 Å². The quantitative estimate of drug-likeness (QED) is 0.847. The highest BCUT2D eigenvalue weighted by Crippen LogP contribution is 2.24. The number of ether oxygens (including phenoxy) is 1. The Balaban J connectivity index is 2.20. The van der Waals surface area contributed by atoms with Crippen molar-refractivity contribution in [2.45, 2.75) is 6.42 Å². The summed E-state index contributed by atoms with van der Waals surface area (Å²) in [5.41, 5.74) is 6.31. The molecule has 0 heterocycles. The monoisotopic (exact) mass is 357 g/mol. The molecule has 0 spiro atoms. The van der Waals surface area contributed by atoms with E-state index in [9.17, 15) is 4.39 Å². The average molecular weight is 357 g/mol. The molecule has 2 rings (SSSR count). The standard InChI is InChI=1S/C14H13FINO/c15-11-7-10(5-6-17)8-14(9-11)18-13-3-1-12(16)2-4-13/h1-4,7-9H,5-6,17H2. The zero-order valence-corrected chi connectivity index (χ0v) is 11.9. The van der Waals surface area contributed by atoms with Gasteiger partial charge >= 0.3 is 0 Å². The van der Waals surface area contributed by atoms with E-state index < -0.39 is 0 Å². The fourth-order valence-corrected chi connectivity index (χ4v) is 1.99. The molecule has 2 aromatic rings. The Hall–Kier alpha value is -1.14. The molecule has 0 aromatic heterocycles. The van der Waals surface area contributed by atoms with E-state index in [2.05, 4.69) is 22.6 Å². The molecule has 0 amide bonds. The van der Waals surface area contributed by atoms with Crippen molar-refractivity contribution in [2.75, 3.05) is 6.54 Å². The molecule has 0 unspecified atom stereocenters. The molecule has 18 heavy (non-hydrogen) atoms. The maximum atomic E-state index is 13.4. The van der Waals surface area contributed by atoms with Gasteiger partial charge < -0.3 is 10.5 Å². The molecule has 94 valence electrons. The summed E-state index contributed by atoms with van der Waals surface area (Å²) in [4.78, 5) is 0. The second-order valence-electron chi connectivity index (χ2n) is 3.89. The molecule has 0 saturated heterocycles. The van der Waals surface area contributed by atoms with Gasteiger partial charge in [0.25, 0.3) is 0 Å². The second-order valence-corrected chi connectivity index (χ2v) is 5.14. The highest BCUT2D eigenvalue weighted by atomic mass is 127. The van der Waals surface area contributed by atoms with Crippen molar-refractivity contribution >= 4 is 22.6 Å². The fourth-order valence-electron chi connectivity index (χ4n) is 1.63. The number of hydrogen-bond donors (Lipinski definition) is 1. The van der Waals surface area contributed by atoms with Gasteiger partial charge in [-0.1, -0.05) is 0 Å². The summed E-state index contributed by atoms with van der Waals surface area (Å²) in [5.74, 6) is 0.890. The molecule has 4 heteroatoms. The lowest BCUT2D eigenvalue weighted by Gasteiger charge is -2.08. The number of rotatable bonds is 4. The normalized spacial score (nSPS) is 10.4. The molecular weight excluding hydrogens is 344 g/mol. The molecule has 0 aliphatic carbocycles. The van der Waals surface area contributed by atoms with Gasteiger partial charge in [-0.05, 0) is 77.5 Å². The summed E-state index contributed by atoms with van der Waals surface area (Å²) in [5, 5.41) is 0. The first-order valence-corrected chi connectivity index (χ1v) is 6.68. The van der Waals surface area contributed by atoms with Gasteiger partial charge in [0.1, 0.15) is 17.3 Å². The van der Waals surface area contributed by atoms with Crippen molar-refractivity contribution in [3.63, 3.8) is 0 Å². The molecule has 2 nitrogen and oxygen atoms in total. The smallest absolute Gasteiger partial charge is 0.130 e. The summed E-state index contributed by atoms with van der Waals surface area (Å²) in [6.07, 6.45) is 0.640. The third-order valence-corrected chi connectivity index (χ3v) is 3.13. The number of hydrogen-bond acceptors (Lipinski definition) is 2. The summed E-state index contributed by atoms with van der Waals surface area (Å²) in [6.45, 7) is 0.492. The van der Waals surface area contributed by atoms with Gasteiger partial charge in [0.15, 0.2) is 0 Å². The summed E-state index contributed by atoms with van der Waals surface area (Å²) >= 11 is 2.22. The third kappa shape index (κ3) is 3.68. The summed E-state index contributed by atoms with van der Waals surface area (Å²) in [6, 6.07) is 12.3. The van der Waals surface area contributed by atoms with Crippen LogP contribution in [0.15, 0.2) is 42.5 Å². The van der Waals surface area contributed by atoms with Crippen LogP contribution in [0.25, 0.3) is 0 Å². The molecule has 0 radical (unpaired) electrons. The van der Waals surface area contributed by atoms with E-state index in [4.69, 9.17) is 10.5 Å². The van der Waals surface area contributed by atoms with E-state index in [0.717, 1.165) is 9.13 Å². The zero-order valence-electron chi connectivity index (χ0n) is 9.70. The highest BCUT2D eigenvalue weighted by Gasteiger charge is 2.03. The topological polar surface area (TPSA) is 35.2 Å². The minimum atomic E-state index is -0.304. The molecule has 0 saturated carbocycles. The molecule has 0 bridgehead atoms. The predicted molar refractivity (Wildman–Crippen MR) is 78.4 cm³/mol. The SMILES string of the molecule is NCCc1cc(F)cc(Oc2ccc(I)cc2)c1. The lowest BCUT2D eigenvalue weighted by Crippen LogP contribution is -2.03. The van der Waals surface area contributed by atoms with Gasteiger partial charge in [0.05, 0.1) is 0 Å². The maximum Gasteiger partial charge on any atom is 0.130 e. The summed E-state index contributed by atoms with van der Waals surface area (Å²) in [7, 11) is 0. The van der Waals surface area contributed by atoms with Crippen molar-refractivity contribution in [1.29, 1.82) is 0 Å². The van der Waals surface area contributed by atoms with Gasteiger partial charge in [-0.3, -0.25) is 0 Å². The van der Waals surface area contributed by atoms with Crippen LogP contribution in [0.5, 0.6) is 11.5 Å². The van der Waals surface area contributed by atoms with Crippen LogP contribution >= 0.6 is 22.6 Å². The van der Waals surface area contributed by atoms with E-state index in [-0.39, 0.29) is 5.82 Å². The van der Waals surface area contributed by atoms with Gasteiger partial charge in [-0.15, -0.1) is 0 Å². The van der Waals surface area contributed by atoms with E-state index in [1.807, 2.05) is 30.3 Å². The minimum absolute atomic E-state index is 0.304. The van der Waals surface area contributed by atoms with Gasteiger partial charge in [-0.25, -0.2) is 4.39 Å². The largest absolute Gasteiger partial charge is 0.457 e. The molecule has 0 fully saturated rings. The Morgan fingerprint density at radius 2 is 1.78 bits per heavy atom. The lowest BCUT2D eigenvalue weighted by atomic mass is 10.1. The van der Waals surface area contributed by atoms with Gasteiger partial charge in [0, 0.05) is 9.64 Å². The van der Waals surface area contributed by atoms with E-state index in [1.54, 1.807) is 0 Å². The van der Waals surface area contributed by atoms with Crippen molar-refractivity contribution in [3.05, 3.63) is 57.4 Å². The number of halogens is 2. The summed E-state index contributed by atoms with van der Waals surface area (Å²) < 4.78 is 20.1. The predicted octanol–water partition coefficient (Wildman–Crippen LogP) is 3.72. The Morgan fingerprint density at radius 1 is 1.06 bits per heavy atom. The van der Waals surface area contributed by atoms with Crippen LogP contribution < -0.4 is 10.5 Å². The van der Waals surface area contributed by atoms with Crippen LogP contribution in [0.4, 0.5) is 4.39 Å². The average Bonchev–Trinajstić information content (AvgIpc) is 2.32. The molecule has 2 aromatic carbocycles. The van der Waals surface area contributed by atoms with Gasteiger partial charge in [0.2, 0.25) is 0 Å². The Kier molecular flexibility index (Phi) is 4.54. The van der Waals surface area contributed by atoms with Crippen LogP contribution in [0, 0.1) is 9.39 Å². The minimum Gasteiger partial charge on any atom is -0.457 e. The molecular formula is C14H13FINO. The Morgan fingerprint density at radius 3 is 2.44 bits per heavy atom. The van der Waals surface area contributed by atoms with Crippen molar-refractivity contribution < 1.29 is 9.13 Å². The number of nitrogens with two attached hydrogens (primary N) is 1. The molecule has 0 aliphatic heterocycles. The van der Waals surface area contributed by atoms with Crippen molar-refractivity contribution in [2.24, 2.45) is 5.73 Å². The van der Waals surface area contributed by atoms with E-state index >= 15 is 0 Å². The van der Waals surface area contributed by atoms with Crippen molar-refractivity contribution in [1.82, 2.24) is 0 Å². The van der Waals surface area contributed by atoms with Gasteiger partial charge in [-0.2, -0.15) is 0 Å². The Labute approximate surface area is 119 Å². The fraction of sp³-hybridized carbons (Fsp3) is 0.143.